The number of carbonyl (C=O) groups is 1. The van der Waals surface area contributed by atoms with Crippen LogP contribution in [0.1, 0.15) is 5.56 Å². The quantitative estimate of drug-likeness (QED) is 0.286. The summed E-state index contributed by atoms with van der Waals surface area (Å²) in [6, 6.07) is 7.60. The van der Waals surface area contributed by atoms with Crippen LogP contribution in [0.2, 0.25) is 0 Å². The normalized spacial score (nSPS) is 10.4. The number of benzene rings is 1. The number of nitriles is 1. The molecule has 19 heavy (non-hydrogen) atoms. The summed E-state index contributed by atoms with van der Waals surface area (Å²) in [5.74, 6) is -0.597. The van der Waals surface area contributed by atoms with Gasteiger partial charge in [-0.3, -0.25) is 14.9 Å². The standard InChI is InChI=1S/C13H11N3O3/c1-2-7-15-13(17)11(9-14)8-10-5-3-4-6-12(10)16(18)19/h2-6,8H,1,7H2,(H,15,17)/b11-8+. The highest BCUT2D eigenvalue weighted by Crippen LogP contribution is 2.20. The molecule has 0 aromatic heterocycles. The first kappa shape index (κ1) is 14.1. The van der Waals surface area contributed by atoms with Crippen LogP contribution in [-0.4, -0.2) is 17.4 Å². The lowest BCUT2D eigenvalue weighted by atomic mass is 10.1. The van der Waals surface area contributed by atoms with Gasteiger partial charge in [-0.15, -0.1) is 6.58 Å². The number of rotatable bonds is 5. The number of nitrogens with zero attached hydrogens (tertiary/aromatic N) is 2. The van der Waals surface area contributed by atoms with Gasteiger partial charge in [0.05, 0.1) is 10.5 Å². The van der Waals surface area contributed by atoms with Gasteiger partial charge in [0.2, 0.25) is 0 Å². The lowest BCUT2D eigenvalue weighted by Gasteiger charge is -2.01. The molecular formula is C13H11N3O3. The largest absolute Gasteiger partial charge is 0.348 e. The summed E-state index contributed by atoms with van der Waals surface area (Å²) in [4.78, 5) is 21.8. The third-order valence-electron chi connectivity index (χ3n) is 2.21. The molecule has 1 aromatic rings. The smallest absolute Gasteiger partial charge is 0.276 e. The van der Waals surface area contributed by atoms with Gasteiger partial charge in [-0.25, -0.2) is 0 Å². The minimum absolute atomic E-state index is 0.160. The van der Waals surface area contributed by atoms with Gasteiger partial charge in [0.25, 0.3) is 11.6 Å². The van der Waals surface area contributed by atoms with Gasteiger partial charge in [0, 0.05) is 12.6 Å². The van der Waals surface area contributed by atoms with Crippen LogP contribution in [0.5, 0.6) is 0 Å². The van der Waals surface area contributed by atoms with E-state index < -0.39 is 10.8 Å². The molecule has 0 bridgehead atoms. The van der Waals surface area contributed by atoms with E-state index in [1.165, 1.54) is 30.4 Å². The van der Waals surface area contributed by atoms with Crippen molar-refractivity contribution in [2.24, 2.45) is 0 Å². The first-order valence-corrected chi connectivity index (χ1v) is 5.34. The molecule has 96 valence electrons. The highest BCUT2D eigenvalue weighted by atomic mass is 16.6. The molecule has 0 aliphatic carbocycles. The summed E-state index contributed by atoms with van der Waals surface area (Å²) in [5, 5.41) is 22.2. The number of amides is 1. The Hall–Kier alpha value is -2.94. The second-order valence-electron chi connectivity index (χ2n) is 3.48. The minimum Gasteiger partial charge on any atom is -0.348 e. The number of nitro benzene ring substituents is 1. The third kappa shape index (κ3) is 3.78. The van der Waals surface area contributed by atoms with Gasteiger partial charge >= 0.3 is 0 Å². The Labute approximate surface area is 109 Å². The first-order chi connectivity index (χ1) is 9.10. The van der Waals surface area contributed by atoms with Crippen LogP contribution in [0.15, 0.2) is 42.5 Å². The van der Waals surface area contributed by atoms with Gasteiger partial charge < -0.3 is 5.32 Å². The van der Waals surface area contributed by atoms with Crippen molar-refractivity contribution in [1.82, 2.24) is 5.32 Å². The molecule has 0 saturated carbocycles. The SMILES string of the molecule is C=CCNC(=O)/C(C#N)=C/c1ccccc1[N+](=O)[O-]. The van der Waals surface area contributed by atoms with Crippen molar-refractivity contribution in [2.45, 2.75) is 0 Å². The van der Waals surface area contributed by atoms with Gasteiger partial charge in [0.1, 0.15) is 11.6 Å². The van der Waals surface area contributed by atoms with Crippen LogP contribution in [0.4, 0.5) is 5.69 Å². The topological polar surface area (TPSA) is 96.0 Å². The molecule has 6 heteroatoms. The van der Waals surface area contributed by atoms with Crippen LogP contribution in [-0.2, 0) is 4.79 Å². The fourth-order valence-corrected chi connectivity index (χ4v) is 1.34. The Morgan fingerprint density at radius 2 is 2.21 bits per heavy atom. The van der Waals surface area contributed by atoms with E-state index in [4.69, 9.17) is 5.26 Å². The van der Waals surface area contributed by atoms with Gasteiger partial charge in [0.15, 0.2) is 0 Å². The van der Waals surface area contributed by atoms with E-state index in [9.17, 15) is 14.9 Å². The molecule has 1 N–H and O–H groups in total. The van der Waals surface area contributed by atoms with Crippen LogP contribution in [0, 0.1) is 21.4 Å². The number of hydrogen-bond donors (Lipinski definition) is 1. The number of para-hydroxylation sites is 1. The molecule has 0 spiro atoms. The predicted octanol–water partition coefficient (Wildman–Crippen LogP) is 1.80. The summed E-state index contributed by atoms with van der Waals surface area (Å²) < 4.78 is 0. The van der Waals surface area contributed by atoms with Crippen molar-refractivity contribution in [3.8, 4) is 6.07 Å². The third-order valence-corrected chi connectivity index (χ3v) is 2.21. The van der Waals surface area contributed by atoms with Crippen LogP contribution >= 0.6 is 0 Å². The van der Waals surface area contributed by atoms with Crippen molar-refractivity contribution in [1.29, 1.82) is 5.26 Å². The predicted molar refractivity (Wildman–Crippen MR) is 69.9 cm³/mol. The van der Waals surface area contributed by atoms with E-state index in [-0.39, 0.29) is 23.4 Å². The number of hydrogen-bond acceptors (Lipinski definition) is 4. The molecule has 0 unspecified atom stereocenters. The van der Waals surface area contributed by atoms with Crippen LogP contribution in [0.25, 0.3) is 6.08 Å². The molecule has 0 fully saturated rings. The number of carbonyl (C=O) groups excluding carboxylic acids is 1. The molecule has 0 atom stereocenters. The van der Waals surface area contributed by atoms with E-state index in [1.807, 2.05) is 0 Å². The highest BCUT2D eigenvalue weighted by molar-refractivity contribution is 6.02. The van der Waals surface area contributed by atoms with Crippen LogP contribution < -0.4 is 5.32 Å². The molecule has 0 aliphatic heterocycles. The Bertz CT molecular complexity index is 585. The minimum atomic E-state index is -0.597. The van der Waals surface area contributed by atoms with Crippen molar-refractivity contribution in [2.75, 3.05) is 6.54 Å². The summed E-state index contributed by atoms with van der Waals surface area (Å²) >= 11 is 0. The Balaban J connectivity index is 3.12. The summed E-state index contributed by atoms with van der Waals surface area (Å²) in [7, 11) is 0. The van der Waals surface area contributed by atoms with Crippen molar-refractivity contribution in [3.05, 3.63) is 58.2 Å². The zero-order chi connectivity index (χ0) is 14.3. The van der Waals surface area contributed by atoms with E-state index in [2.05, 4.69) is 11.9 Å². The Morgan fingerprint density at radius 3 is 2.79 bits per heavy atom. The molecule has 6 nitrogen and oxygen atoms in total. The molecule has 0 radical (unpaired) electrons. The maximum absolute atomic E-state index is 11.6. The highest BCUT2D eigenvalue weighted by Gasteiger charge is 2.14. The average molecular weight is 257 g/mol. The first-order valence-electron chi connectivity index (χ1n) is 5.34. The van der Waals surface area contributed by atoms with Gasteiger partial charge in [-0.1, -0.05) is 18.2 Å². The van der Waals surface area contributed by atoms with E-state index in [0.29, 0.717) is 0 Å². The summed E-state index contributed by atoms with van der Waals surface area (Å²) in [6.45, 7) is 3.65. The fraction of sp³-hybridized carbons (Fsp3) is 0.0769. The van der Waals surface area contributed by atoms with E-state index in [1.54, 1.807) is 12.1 Å². The lowest BCUT2D eigenvalue weighted by molar-refractivity contribution is -0.385. The zero-order valence-corrected chi connectivity index (χ0v) is 10.00. The molecule has 1 rings (SSSR count). The fourth-order valence-electron chi connectivity index (χ4n) is 1.34. The maximum atomic E-state index is 11.6. The lowest BCUT2D eigenvalue weighted by Crippen LogP contribution is -2.24. The molecular weight excluding hydrogens is 246 g/mol. The van der Waals surface area contributed by atoms with E-state index >= 15 is 0 Å². The maximum Gasteiger partial charge on any atom is 0.276 e. The van der Waals surface area contributed by atoms with Gasteiger partial charge in [-0.2, -0.15) is 5.26 Å². The molecule has 0 aliphatic rings. The van der Waals surface area contributed by atoms with E-state index in [0.717, 1.165) is 0 Å². The molecule has 0 heterocycles. The van der Waals surface area contributed by atoms with Crippen molar-refractivity contribution < 1.29 is 9.72 Å². The second kappa shape index (κ2) is 6.71. The Kier molecular flexibility index (Phi) is 4.99. The van der Waals surface area contributed by atoms with Crippen molar-refractivity contribution >= 4 is 17.7 Å². The summed E-state index contributed by atoms with van der Waals surface area (Å²) in [5.41, 5.74) is -0.152. The van der Waals surface area contributed by atoms with Crippen LogP contribution in [0.3, 0.4) is 0 Å². The average Bonchev–Trinajstić information content (AvgIpc) is 2.42. The Morgan fingerprint density at radius 1 is 1.53 bits per heavy atom. The van der Waals surface area contributed by atoms with Gasteiger partial charge in [-0.05, 0) is 12.1 Å². The molecule has 1 amide bonds. The molecule has 1 aromatic carbocycles. The number of nitrogens with one attached hydrogen (secondary N) is 1. The second-order valence-corrected chi connectivity index (χ2v) is 3.48. The number of nitro groups is 1. The summed E-state index contributed by atoms with van der Waals surface area (Å²) in [6.07, 6.45) is 2.66. The molecule has 0 saturated heterocycles. The van der Waals surface area contributed by atoms with Crippen molar-refractivity contribution in [3.63, 3.8) is 0 Å². The monoisotopic (exact) mass is 257 g/mol. The zero-order valence-electron chi connectivity index (χ0n) is 10.00.